The lowest BCUT2D eigenvalue weighted by atomic mass is 9.78. The number of carbonyl (C=O) groups excluding carboxylic acids is 5. The number of ether oxygens (including phenoxy) is 7. The third-order valence-electron chi connectivity index (χ3n) is 15.3. The van der Waals surface area contributed by atoms with Crippen LogP contribution in [0, 0.1) is 35.5 Å². The lowest BCUT2D eigenvalue weighted by Crippen LogP contribution is -2.63. The number of amides is 1. The first-order chi connectivity index (χ1) is 33.7. The summed E-state index contributed by atoms with van der Waals surface area (Å²) in [6.45, 7) is 15.9. The van der Waals surface area contributed by atoms with Gasteiger partial charge in [0.25, 0.3) is 11.7 Å². The highest BCUT2D eigenvalue weighted by Crippen LogP contribution is 2.38. The highest BCUT2D eigenvalue weighted by Gasteiger charge is 2.56. The first-order valence-corrected chi connectivity index (χ1v) is 26.1. The van der Waals surface area contributed by atoms with Crippen LogP contribution in [-0.4, -0.2) is 158 Å². The molecule has 16 atom stereocenters. The van der Waals surface area contributed by atoms with Gasteiger partial charge in [0.1, 0.15) is 30.1 Å². The average molecular weight is 1000 g/mol. The minimum Gasteiger partial charge on any atom is -0.460 e. The number of rotatable bonds is 11. The van der Waals surface area contributed by atoms with Crippen molar-refractivity contribution >= 4 is 29.2 Å². The molecule has 3 aliphatic heterocycles. The number of allylic oxidation sites excluding steroid dienone is 6. The van der Waals surface area contributed by atoms with Crippen LogP contribution in [0.5, 0.6) is 0 Å². The molecular weight excluding hydrogens is 915 g/mol. The third kappa shape index (κ3) is 16.5. The van der Waals surface area contributed by atoms with E-state index in [1.165, 1.54) is 21.1 Å². The second-order valence-corrected chi connectivity index (χ2v) is 20.7. The van der Waals surface area contributed by atoms with Crippen LogP contribution in [0.25, 0.3) is 0 Å². The van der Waals surface area contributed by atoms with Crippen LogP contribution in [0.4, 0.5) is 0 Å². The topological polar surface area (TPSA) is 214 Å². The summed E-state index contributed by atoms with van der Waals surface area (Å²) in [7, 11) is 4.56. The van der Waals surface area contributed by atoms with Crippen LogP contribution in [0.3, 0.4) is 0 Å². The zero-order chi connectivity index (χ0) is 52.6. The normalized spacial score (nSPS) is 39.1. The van der Waals surface area contributed by atoms with Crippen molar-refractivity contribution in [2.45, 2.75) is 187 Å². The molecule has 1 amide bonds. The average Bonchev–Trinajstić information content (AvgIpc) is 3.35. The number of hydrogen-bond acceptors (Lipinski definition) is 15. The van der Waals surface area contributed by atoms with Gasteiger partial charge >= 0.3 is 5.97 Å². The molecule has 3 heterocycles. The molecule has 1 unspecified atom stereocenters. The van der Waals surface area contributed by atoms with Crippen molar-refractivity contribution in [3.63, 3.8) is 0 Å². The molecule has 2 bridgehead atoms. The highest BCUT2D eigenvalue weighted by atomic mass is 16.6. The molecule has 16 nitrogen and oxygen atoms in total. The summed E-state index contributed by atoms with van der Waals surface area (Å²) < 4.78 is 41.3. The Hall–Kier alpha value is -3.45. The van der Waals surface area contributed by atoms with Gasteiger partial charge < -0.3 is 53.4 Å². The maximum Gasteiger partial charge on any atom is 0.329 e. The first-order valence-electron chi connectivity index (χ1n) is 26.1. The zero-order valence-electron chi connectivity index (χ0n) is 44.4. The van der Waals surface area contributed by atoms with Crippen molar-refractivity contribution in [3.05, 3.63) is 47.6 Å². The Morgan fingerprint density at radius 1 is 0.845 bits per heavy atom. The maximum atomic E-state index is 14.5. The number of aliphatic hydroxyl groups excluding tert-OH is 2. The van der Waals surface area contributed by atoms with E-state index in [0.29, 0.717) is 57.5 Å². The third-order valence-corrected chi connectivity index (χ3v) is 15.3. The summed E-state index contributed by atoms with van der Waals surface area (Å²) in [4.78, 5) is 72.4. The van der Waals surface area contributed by atoms with E-state index >= 15 is 0 Å². The Morgan fingerprint density at radius 2 is 1.58 bits per heavy atom. The molecular formula is C55H87NO15. The van der Waals surface area contributed by atoms with Crippen LogP contribution in [0.2, 0.25) is 0 Å². The standard InChI is InChI=1S/C55H87NO15/c1-12-68-24-25-69-45-22-21-40(29-48(45)66-10)28-36(5)47-32-43(57)35(4)27-38(7)50(60)51(67-11)49(59)37(6)26-33(2)18-14-13-15-19-34(3)46(65-9)31-41-30-44(58)39(8)55(64,71-41)52(61)53(62)56-23-17-16-20-42(56)54(63)70-47/h13-15,18-19,27,33,35-37,39-42,44-48,50-51,58,60,64H,12,16-17,20-26,28-32H2,1-11H3/b15-13+,18-14+,34-19+,38-27+/t33-,35-,36-,37-,39-,40+,41+,42+,44?,45-,46+,47+,48-,50-,51+,55-/m1/s1. The number of cyclic esters (lactones) is 1. The van der Waals surface area contributed by atoms with Gasteiger partial charge in [0.15, 0.2) is 5.78 Å². The monoisotopic (exact) mass is 1000 g/mol. The van der Waals surface area contributed by atoms with Gasteiger partial charge in [0.2, 0.25) is 5.79 Å². The Kier molecular flexibility index (Phi) is 24.4. The molecule has 1 saturated carbocycles. The number of fused-ring (bicyclic) bond motifs is 3. The van der Waals surface area contributed by atoms with Crippen molar-refractivity contribution in [3.8, 4) is 0 Å². The summed E-state index contributed by atoms with van der Waals surface area (Å²) in [5.74, 6) is -9.08. The molecule has 16 heteroatoms. The number of esters is 1. The van der Waals surface area contributed by atoms with Gasteiger partial charge in [0.05, 0.1) is 43.7 Å². The molecule has 0 aromatic rings. The summed E-state index contributed by atoms with van der Waals surface area (Å²) in [5.41, 5.74) is 1.18. The minimum atomic E-state index is -2.71. The number of carbonyl (C=O) groups is 5. The van der Waals surface area contributed by atoms with Crippen molar-refractivity contribution in [1.29, 1.82) is 0 Å². The predicted octanol–water partition coefficient (Wildman–Crippen LogP) is 6.21. The molecule has 1 aliphatic carbocycles. The SMILES string of the molecule is CCOCCO[C@@H]1CC[C@@H](C[C@@H](C)[C@@H]2CC(=O)[C@H](C)/C=C(\C)[C@@H](O)[C@@H](OC)C(=O)[C@H](C)C[C@H](C)/C=C/C=C/C=C(\C)[C@@H](OC)C[C@@H]3CC(O)[C@@H](C)[C@@](O)(O3)C(=O)C(=O)N3CCCC[C@H]3C(=O)O2)C[C@H]1OC. The second-order valence-electron chi connectivity index (χ2n) is 20.7. The lowest BCUT2D eigenvalue weighted by Gasteiger charge is -2.44. The number of Topliss-reactive ketones (excluding diaryl/α,β-unsaturated/α-hetero) is 3. The van der Waals surface area contributed by atoms with Crippen molar-refractivity contribution in [2.24, 2.45) is 35.5 Å². The van der Waals surface area contributed by atoms with Crippen LogP contribution in [-0.2, 0) is 57.1 Å². The molecule has 4 rings (SSSR count). The van der Waals surface area contributed by atoms with E-state index in [1.807, 2.05) is 58.1 Å². The molecule has 402 valence electrons. The van der Waals surface area contributed by atoms with E-state index in [0.717, 1.165) is 23.3 Å². The maximum absolute atomic E-state index is 14.5. The van der Waals surface area contributed by atoms with Gasteiger partial charge in [-0.05, 0) is 101 Å². The van der Waals surface area contributed by atoms with Gasteiger partial charge in [0, 0.05) is 71.5 Å². The quantitative estimate of drug-likeness (QED) is 0.0908. The van der Waals surface area contributed by atoms with E-state index in [4.69, 9.17) is 33.2 Å². The van der Waals surface area contributed by atoms with Gasteiger partial charge in [-0.15, -0.1) is 0 Å². The first kappa shape index (κ1) is 60.1. The molecule has 0 spiro atoms. The number of piperidine rings is 1. The fourth-order valence-corrected chi connectivity index (χ4v) is 10.7. The van der Waals surface area contributed by atoms with E-state index in [-0.39, 0.29) is 73.8 Å². The summed E-state index contributed by atoms with van der Waals surface area (Å²) in [6, 6.07) is -1.21. The molecule has 3 fully saturated rings. The molecule has 4 aliphatic rings. The fourth-order valence-electron chi connectivity index (χ4n) is 10.7. The van der Waals surface area contributed by atoms with Gasteiger partial charge in [-0.3, -0.25) is 19.2 Å². The Balaban J connectivity index is 1.70. The van der Waals surface area contributed by atoms with Crippen LogP contribution < -0.4 is 0 Å². The Labute approximate surface area is 422 Å². The number of hydrogen-bond donors (Lipinski definition) is 3. The zero-order valence-corrected chi connectivity index (χ0v) is 44.4. The summed E-state index contributed by atoms with van der Waals surface area (Å²) in [5, 5.41) is 34.7. The van der Waals surface area contributed by atoms with Crippen LogP contribution >= 0.6 is 0 Å². The Morgan fingerprint density at radius 3 is 2.25 bits per heavy atom. The Bertz CT molecular complexity index is 1880. The number of aliphatic hydroxyl groups is 3. The van der Waals surface area contributed by atoms with E-state index in [2.05, 4.69) is 0 Å². The molecule has 71 heavy (non-hydrogen) atoms. The predicted molar refractivity (Wildman–Crippen MR) is 267 cm³/mol. The van der Waals surface area contributed by atoms with Crippen molar-refractivity contribution in [1.82, 2.24) is 4.90 Å². The fraction of sp³-hybridized carbons (Fsp3) is 0.764. The second kappa shape index (κ2) is 28.9. The van der Waals surface area contributed by atoms with Crippen molar-refractivity contribution in [2.75, 3.05) is 47.7 Å². The van der Waals surface area contributed by atoms with E-state index < -0.39 is 83.9 Å². The molecule has 0 aromatic carbocycles. The summed E-state index contributed by atoms with van der Waals surface area (Å²) >= 11 is 0. The van der Waals surface area contributed by atoms with E-state index in [1.54, 1.807) is 34.0 Å². The van der Waals surface area contributed by atoms with Crippen LogP contribution in [0.1, 0.15) is 126 Å². The van der Waals surface area contributed by atoms with Gasteiger partial charge in [-0.1, -0.05) is 71.1 Å². The van der Waals surface area contributed by atoms with Crippen molar-refractivity contribution < 1.29 is 72.5 Å². The minimum absolute atomic E-state index is 0.00696. The van der Waals surface area contributed by atoms with E-state index in [9.17, 15) is 39.3 Å². The van der Waals surface area contributed by atoms with Crippen LogP contribution in [0.15, 0.2) is 47.6 Å². The van der Waals surface area contributed by atoms with Gasteiger partial charge in [-0.25, -0.2) is 4.79 Å². The molecule has 2 saturated heterocycles. The largest absolute Gasteiger partial charge is 0.460 e. The lowest BCUT2D eigenvalue weighted by molar-refractivity contribution is -0.285. The smallest absolute Gasteiger partial charge is 0.329 e. The number of nitrogens with zero attached hydrogens (tertiary/aromatic N) is 1. The number of methoxy groups -OCH3 is 3. The highest BCUT2D eigenvalue weighted by molar-refractivity contribution is 6.39. The van der Waals surface area contributed by atoms with Gasteiger partial charge in [-0.2, -0.15) is 0 Å². The molecule has 0 radical (unpaired) electrons. The molecule has 3 N–H and O–H groups in total. The molecule has 0 aromatic heterocycles. The number of ketones is 3. The summed E-state index contributed by atoms with van der Waals surface area (Å²) in [6.07, 6.45) is 9.19.